The van der Waals surface area contributed by atoms with Crippen molar-refractivity contribution in [3.05, 3.63) is 35.9 Å². The zero-order valence-corrected chi connectivity index (χ0v) is 9.19. The Hall–Kier alpha value is -1.84. The largest absolute Gasteiger partial charge is 0.436 e. The molecular weight excluding hydrogens is 206 g/mol. The van der Waals surface area contributed by atoms with Gasteiger partial charge < -0.3 is 10.1 Å². The lowest BCUT2D eigenvalue weighted by Gasteiger charge is -2.27. The van der Waals surface area contributed by atoms with Crippen LogP contribution in [-0.2, 0) is 15.1 Å². The van der Waals surface area contributed by atoms with E-state index >= 15 is 0 Å². The van der Waals surface area contributed by atoms with E-state index < -0.39 is 17.7 Å². The van der Waals surface area contributed by atoms with Crippen molar-refractivity contribution in [3.63, 3.8) is 0 Å². The summed E-state index contributed by atoms with van der Waals surface area (Å²) in [5, 5.41) is 2.53. The summed E-state index contributed by atoms with van der Waals surface area (Å²) in [6.45, 7) is 3.19. The quantitative estimate of drug-likeness (QED) is 0.821. The fraction of sp³-hybridized carbons (Fsp3) is 0.333. The molecule has 1 aromatic rings. The Morgan fingerprint density at radius 2 is 2.00 bits per heavy atom. The molecule has 1 N–H and O–H groups in total. The number of hydrogen-bond donors (Lipinski definition) is 1. The molecule has 0 unspecified atom stereocenters. The first-order chi connectivity index (χ1) is 7.54. The Morgan fingerprint density at radius 3 is 2.56 bits per heavy atom. The van der Waals surface area contributed by atoms with Gasteiger partial charge in [-0.1, -0.05) is 30.3 Å². The van der Waals surface area contributed by atoms with Gasteiger partial charge in [-0.15, -0.1) is 0 Å². The van der Waals surface area contributed by atoms with Gasteiger partial charge in [-0.25, -0.2) is 4.79 Å². The summed E-state index contributed by atoms with van der Waals surface area (Å²) in [6, 6.07) is 8.64. The minimum absolute atomic E-state index is 0.114. The zero-order valence-electron chi connectivity index (χ0n) is 9.19. The third kappa shape index (κ3) is 1.56. The number of benzene rings is 1. The predicted octanol–water partition coefficient (Wildman–Crippen LogP) is 1.60. The highest BCUT2D eigenvalue weighted by atomic mass is 16.6. The van der Waals surface area contributed by atoms with E-state index in [2.05, 4.69) is 5.32 Å². The summed E-state index contributed by atoms with van der Waals surface area (Å²) in [6.07, 6.45) is -0.549. The van der Waals surface area contributed by atoms with Gasteiger partial charge in [-0.05, 0) is 19.4 Å². The minimum atomic E-state index is -0.913. The molecule has 0 spiro atoms. The van der Waals surface area contributed by atoms with Crippen LogP contribution in [0.2, 0.25) is 0 Å². The van der Waals surface area contributed by atoms with Crippen LogP contribution in [0.4, 0.5) is 4.79 Å². The summed E-state index contributed by atoms with van der Waals surface area (Å²) in [4.78, 5) is 22.7. The van der Waals surface area contributed by atoms with Crippen molar-refractivity contribution in [2.24, 2.45) is 0 Å². The topological polar surface area (TPSA) is 55.4 Å². The number of carbonyl (C=O) groups excluding carboxylic acids is 2. The van der Waals surface area contributed by atoms with E-state index in [1.54, 1.807) is 6.92 Å². The molecule has 1 amide bonds. The Kier molecular flexibility index (Phi) is 2.42. The number of hydrogen-bond acceptors (Lipinski definition) is 3. The van der Waals surface area contributed by atoms with Crippen molar-refractivity contribution in [2.45, 2.75) is 25.5 Å². The molecule has 4 heteroatoms. The van der Waals surface area contributed by atoms with Gasteiger partial charge in [0.05, 0.1) is 0 Å². The third-order valence-electron chi connectivity index (χ3n) is 2.87. The molecule has 1 aliphatic heterocycles. The Bertz CT molecular complexity index is 429. The van der Waals surface area contributed by atoms with Crippen LogP contribution in [0.3, 0.4) is 0 Å². The lowest BCUT2D eigenvalue weighted by atomic mass is 9.87. The fourth-order valence-corrected chi connectivity index (χ4v) is 2.02. The Balaban J connectivity index is 2.43. The Labute approximate surface area is 93.6 Å². The van der Waals surface area contributed by atoms with E-state index in [1.165, 1.54) is 6.92 Å². The molecule has 2 rings (SSSR count). The molecule has 1 fully saturated rings. The lowest BCUT2D eigenvalue weighted by molar-refractivity contribution is -0.122. The second-order valence-corrected chi connectivity index (χ2v) is 4.05. The first-order valence-electron chi connectivity index (χ1n) is 5.09. The molecule has 0 radical (unpaired) electrons. The summed E-state index contributed by atoms with van der Waals surface area (Å²) in [5.41, 5.74) is -0.0991. The molecule has 0 aliphatic carbocycles. The van der Waals surface area contributed by atoms with Crippen molar-refractivity contribution in [3.8, 4) is 0 Å². The number of ketones is 1. The normalized spacial score (nSPS) is 28.4. The van der Waals surface area contributed by atoms with E-state index in [4.69, 9.17) is 4.74 Å². The van der Waals surface area contributed by atoms with Gasteiger partial charge in [0.25, 0.3) is 0 Å². The van der Waals surface area contributed by atoms with Gasteiger partial charge >= 0.3 is 6.09 Å². The summed E-state index contributed by atoms with van der Waals surface area (Å²) in [5.74, 6) is -0.114. The first-order valence-corrected chi connectivity index (χ1v) is 5.09. The lowest BCUT2D eigenvalue weighted by Crippen LogP contribution is -2.44. The number of ether oxygens (including phenoxy) is 1. The maximum atomic E-state index is 11.5. The van der Waals surface area contributed by atoms with E-state index in [0.717, 1.165) is 5.56 Å². The van der Waals surface area contributed by atoms with Crippen LogP contribution in [0.25, 0.3) is 0 Å². The van der Waals surface area contributed by atoms with Crippen molar-refractivity contribution < 1.29 is 14.3 Å². The number of amides is 1. The van der Waals surface area contributed by atoms with Gasteiger partial charge in [0.15, 0.2) is 11.4 Å². The number of nitrogens with one attached hydrogen (secondary N) is 1. The summed E-state index contributed by atoms with van der Waals surface area (Å²) < 4.78 is 5.24. The molecule has 1 heterocycles. The SMILES string of the molecule is CC(=O)[C@H]1NC(=O)O[C@]1(C)c1ccccc1. The van der Waals surface area contributed by atoms with Gasteiger partial charge in [-0.3, -0.25) is 4.79 Å². The van der Waals surface area contributed by atoms with Crippen molar-refractivity contribution in [1.82, 2.24) is 5.32 Å². The first kappa shape index (κ1) is 10.7. The molecule has 84 valence electrons. The van der Waals surface area contributed by atoms with E-state index in [9.17, 15) is 9.59 Å². The molecule has 0 aromatic heterocycles. The van der Waals surface area contributed by atoms with Crippen LogP contribution in [-0.4, -0.2) is 17.9 Å². The smallest absolute Gasteiger partial charge is 0.408 e. The van der Waals surface area contributed by atoms with Gasteiger partial charge in [0.2, 0.25) is 0 Å². The highest BCUT2D eigenvalue weighted by Gasteiger charge is 2.48. The van der Waals surface area contributed by atoms with Crippen LogP contribution in [0.15, 0.2) is 30.3 Å². The average molecular weight is 219 g/mol. The fourth-order valence-electron chi connectivity index (χ4n) is 2.02. The van der Waals surface area contributed by atoms with Crippen molar-refractivity contribution in [2.75, 3.05) is 0 Å². The maximum Gasteiger partial charge on any atom is 0.408 e. The molecule has 1 saturated heterocycles. The molecule has 0 saturated carbocycles. The monoisotopic (exact) mass is 219 g/mol. The van der Waals surface area contributed by atoms with Gasteiger partial charge in [0, 0.05) is 0 Å². The third-order valence-corrected chi connectivity index (χ3v) is 2.87. The second kappa shape index (κ2) is 3.63. The summed E-state index contributed by atoms with van der Waals surface area (Å²) >= 11 is 0. The van der Waals surface area contributed by atoms with Crippen molar-refractivity contribution in [1.29, 1.82) is 0 Å². The van der Waals surface area contributed by atoms with Crippen LogP contribution < -0.4 is 5.32 Å². The minimum Gasteiger partial charge on any atom is -0.436 e. The highest BCUT2D eigenvalue weighted by Crippen LogP contribution is 2.33. The number of carbonyl (C=O) groups is 2. The number of rotatable bonds is 2. The van der Waals surface area contributed by atoms with Crippen LogP contribution in [0.1, 0.15) is 19.4 Å². The summed E-state index contributed by atoms with van der Waals surface area (Å²) in [7, 11) is 0. The van der Waals surface area contributed by atoms with Gasteiger partial charge in [0.1, 0.15) is 6.04 Å². The molecular formula is C12H13NO3. The standard InChI is InChI=1S/C12H13NO3/c1-8(14)10-12(2,16-11(15)13-10)9-6-4-3-5-7-9/h3-7,10H,1-2H3,(H,13,15)/t10-,12-/m1/s1. The highest BCUT2D eigenvalue weighted by molar-refractivity contribution is 5.89. The number of cyclic esters (lactones) is 1. The molecule has 1 aliphatic rings. The zero-order chi connectivity index (χ0) is 11.8. The molecule has 16 heavy (non-hydrogen) atoms. The van der Waals surface area contributed by atoms with E-state index in [0.29, 0.717) is 0 Å². The van der Waals surface area contributed by atoms with Crippen LogP contribution >= 0.6 is 0 Å². The number of Topliss-reactive ketones (excluding diaryl/α,β-unsaturated/α-hetero) is 1. The molecule has 4 nitrogen and oxygen atoms in total. The van der Waals surface area contributed by atoms with Gasteiger partial charge in [-0.2, -0.15) is 0 Å². The predicted molar refractivity (Wildman–Crippen MR) is 57.9 cm³/mol. The maximum absolute atomic E-state index is 11.5. The number of alkyl carbamates (subject to hydrolysis) is 1. The van der Waals surface area contributed by atoms with Crippen molar-refractivity contribution >= 4 is 11.9 Å². The van der Waals surface area contributed by atoms with Crippen LogP contribution in [0, 0.1) is 0 Å². The Morgan fingerprint density at radius 1 is 1.38 bits per heavy atom. The second-order valence-electron chi connectivity index (χ2n) is 4.05. The molecule has 0 bridgehead atoms. The van der Waals surface area contributed by atoms with E-state index in [1.807, 2.05) is 30.3 Å². The van der Waals surface area contributed by atoms with Crippen LogP contribution in [0.5, 0.6) is 0 Å². The average Bonchev–Trinajstić information content (AvgIpc) is 2.57. The molecule has 2 atom stereocenters. The van der Waals surface area contributed by atoms with E-state index in [-0.39, 0.29) is 5.78 Å². The molecule has 1 aromatic carbocycles.